The molecule has 0 aliphatic heterocycles. The van der Waals surface area contributed by atoms with Crippen LogP contribution >= 0.6 is 0 Å². The summed E-state index contributed by atoms with van der Waals surface area (Å²) in [4.78, 5) is 13.5. The number of nitrogens with zero attached hydrogens (tertiary/aromatic N) is 1. The first kappa shape index (κ1) is 14.6. The fourth-order valence-electron chi connectivity index (χ4n) is 1.77. The van der Waals surface area contributed by atoms with Crippen molar-refractivity contribution in [2.75, 3.05) is 4.72 Å². The van der Waals surface area contributed by atoms with E-state index in [9.17, 15) is 13.2 Å². The zero-order chi connectivity index (χ0) is 15.6. The van der Waals surface area contributed by atoms with E-state index >= 15 is 0 Å². The molecule has 2 aromatic rings. The van der Waals surface area contributed by atoms with E-state index in [1.54, 1.807) is 6.92 Å². The maximum absolute atomic E-state index is 12.2. The molecule has 0 aliphatic carbocycles. The van der Waals surface area contributed by atoms with E-state index in [-0.39, 0.29) is 21.8 Å². The van der Waals surface area contributed by atoms with Gasteiger partial charge in [-0.25, -0.2) is 13.2 Å². The summed E-state index contributed by atoms with van der Waals surface area (Å²) in [6.07, 6.45) is 0. The summed E-state index contributed by atoms with van der Waals surface area (Å²) in [6, 6.07) is 8.67. The number of H-pyrrole nitrogens is 1. The van der Waals surface area contributed by atoms with Gasteiger partial charge in [0.1, 0.15) is 5.69 Å². The number of aryl methyl sites for hydroxylation is 1. The van der Waals surface area contributed by atoms with Crippen LogP contribution in [0.25, 0.3) is 0 Å². The molecule has 0 amide bonds. The number of carbonyl (C=O) groups is 1. The third-order valence-electron chi connectivity index (χ3n) is 2.68. The molecule has 0 aliphatic rings. The first-order valence-corrected chi connectivity index (χ1v) is 7.27. The lowest BCUT2D eigenvalue weighted by molar-refractivity contribution is 0.0692. The number of carboxylic acid groups (broad SMARTS) is 1. The van der Waals surface area contributed by atoms with Gasteiger partial charge in [0.25, 0.3) is 10.0 Å². The first-order chi connectivity index (χ1) is 9.83. The highest BCUT2D eigenvalue weighted by atomic mass is 32.2. The standard InChI is InChI=1S/C13H11N3O4S/c1-8-5-11(12(15-8)13(17)18)16-21(19,20)10-4-2-3-9(6-10)7-14/h2-6,15-16H,1H3,(H,17,18). The SMILES string of the molecule is Cc1cc(NS(=O)(=O)c2cccc(C#N)c2)c(C(=O)O)[nH]1. The van der Waals surface area contributed by atoms with E-state index in [1.165, 1.54) is 30.3 Å². The topological polar surface area (TPSA) is 123 Å². The van der Waals surface area contributed by atoms with Crippen molar-refractivity contribution in [3.63, 3.8) is 0 Å². The smallest absolute Gasteiger partial charge is 0.354 e. The molecule has 7 nitrogen and oxygen atoms in total. The van der Waals surface area contributed by atoms with Crippen molar-refractivity contribution in [1.82, 2.24) is 4.98 Å². The van der Waals surface area contributed by atoms with Crippen LogP contribution in [0.5, 0.6) is 0 Å². The van der Waals surface area contributed by atoms with Crippen LogP contribution in [-0.4, -0.2) is 24.5 Å². The highest BCUT2D eigenvalue weighted by Gasteiger charge is 2.20. The number of aromatic amines is 1. The number of hydrogen-bond donors (Lipinski definition) is 3. The Morgan fingerprint density at radius 1 is 1.38 bits per heavy atom. The zero-order valence-corrected chi connectivity index (χ0v) is 11.7. The summed E-state index contributed by atoms with van der Waals surface area (Å²) in [5, 5.41) is 17.8. The van der Waals surface area contributed by atoms with E-state index in [4.69, 9.17) is 10.4 Å². The number of sulfonamides is 1. The van der Waals surface area contributed by atoms with Gasteiger partial charge < -0.3 is 10.1 Å². The lowest BCUT2D eigenvalue weighted by atomic mass is 10.2. The molecule has 8 heteroatoms. The molecule has 0 radical (unpaired) electrons. The quantitative estimate of drug-likeness (QED) is 0.793. The van der Waals surface area contributed by atoms with Crippen LogP contribution in [0.15, 0.2) is 35.2 Å². The molecule has 3 N–H and O–H groups in total. The largest absolute Gasteiger partial charge is 0.477 e. The number of aromatic nitrogens is 1. The number of aromatic carboxylic acids is 1. The second-order valence-corrected chi connectivity index (χ2v) is 5.97. The molecule has 21 heavy (non-hydrogen) atoms. The van der Waals surface area contributed by atoms with Gasteiger partial charge in [0.05, 0.1) is 22.2 Å². The first-order valence-electron chi connectivity index (χ1n) is 5.79. The van der Waals surface area contributed by atoms with Gasteiger partial charge in [0.2, 0.25) is 0 Å². The minimum Gasteiger partial charge on any atom is -0.477 e. The highest BCUT2D eigenvalue weighted by Crippen LogP contribution is 2.21. The van der Waals surface area contributed by atoms with Gasteiger partial charge in [0.15, 0.2) is 0 Å². The van der Waals surface area contributed by atoms with E-state index in [0.717, 1.165) is 0 Å². The van der Waals surface area contributed by atoms with E-state index in [2.05, 4.69) is 9.71 Å². The summed E-state index contributed by atoms with van der Waals surface area (Å²) in [6.45, 7) is 1.61. The number of rotatable bonds is 4. The molecule has 0 fully saturated rings. The number of nitriles is 1. The van der Waals surface area contributed by atoms with E-state index in [0.29, 0.717) is 5.69 Å². The molecular weight excluding hydrogens is 294 g/mol. The minimum absolute atomic E-state index is 0.0534. The molecule has 0 bridgehead atoms. The fourth-order valence-corrected chi connectivity index (χ4v) is 2.88. The maximum Gasteiger partial charge on any atom is 0.354 e. The van der Waals surface area contributed by atoms with Crippen molar-refractivity contribution in [2.24, 2.45) is 0 Å². The van der Waals surface area contributed by atoms with Crippen LogP contribution in [0.1, 0.15) is 21.7 Å². The zero-order valence-electron chi connectivity index (χ0n) is 10.9. The van der Waals surface area contributed by atoms with Gasteiger partial charge in [-0.3, -0.25) is 4.72 Å². The third-order valence-corrected chi connectivity index (χ3v) is 4.05. The molecule has 0 spiro atoms. The summed E-state index contributed by atoms with van der Waals surface area (Å²) in [7, 11) is -3.97. The van der Waals surface area contributed by atoms with Crippen LogP contribution in [0.3, 0.4) is 0 Å². The molecule has 1 heterocycles. The Balaban J connectivity index is 2.42. The van der Waals surface area contributed by atoms with Crippen molar-refractivity contribution in [3.8, 4) is 6.07 Å². The van der Waals surface area contributed by atoms with Gasteiger partial charge in [-0.15, -0.1) is 0 Å². The van der Waals surface area contributed by atoms with Crippen molar-refractivity contribution >= 4 is 21.7 Å². The van der Waals surface area contributed by atoms with Crippen LogP contribution in [0.2, 0.25) is 0 Å². The molecule has 0 unspecified atom stereocenters. The van der Waals surface area contributed by atoms with Crippen LogP contribution < -0.4 is 4.72 Å². The third kappa shape index (κ3) is 3.04. The lowest BCUT2D eigenvalue weighted by Gasteiger charge is -2.07. The van der Waals surface area contributed by atoms with Gasteiger partial charge in [-0.1, -0.05) is 6.07 Å². The number of nitrogens with one attached hydrogen (secondary N) is 2. The summed E-state index contributed by atoms with van der Waals surface area (Å²) in [5.74, 6) is -1.27. The number of carboxylic acids is 1. The lowest BCUT2D eigenvalue weighted by Crippen LogP contribution is -2.15. The average molecular weight is 305 g/mol. The van der Waals surface area contributed by atoms with E-state index in [1.807, 2.05) is 6.07 Å². The monoisotopic (exact) mass is 305 g/mol. The molecule has 0 saturated heterocycles. The molecular formula is C13H11N3O4S. The fraction of sp³-hybridized carbons (Fsp3) is 0.0769. The Bertz CT molecular complexity index is 847. The Morgan fingerprint density at radius 2 is 2.10 bits per heavy atom. The molecule has 108 valence electrons. The molecule has 1 aromatic heterocycles. The maximum atomic E-state index is 12.2. The van der Waals surface area contributed by atoms with Crippen molar-refractivity contribution in [2.45, 2.75) is 11.8 Å². The Labute approximate surface area is 120 Å². The second-order valence-electron chi connectivity index (χ2n) is 4.29. The number of anilines is 1. The second kappa shape index (κ2) is 5.30. The molecule has 1 aromatic carbocycles. The van der Waals surface area contributed by atoms with Gasteiger partial charge >= 0.3 is 5.97 Å². The highest BCUT2D eigenvalue weighted by molar-refractivity contribution is 7.92. The van der Waals surface area contributed by atoms with Crippen LogP contribution in [-0.2, 0) is 10.0 Å². The summed E-state index contributed by atoms with van der Waals surface area (Å²) in [5.41, 5.74) is 0.410. The van der Waals surface area contributed by atoms with Crippen LogP contribution in [0, 0.1) is 18.3 Å². The predicted octanol–water partition coefficient (Wildman–Crippen LogP) is 1.69. The van der Waals surface area contributed by atoms with Gasteiger partial charge in [-0.05, 0) is 31.2 Å². The Kier molecular flexibility index (Phi) is 3.69. The minimum atomic E-state index is -3.97. The van der Waals surface area contributed by atoms with Crippen LogP contribution in [0.4, 0.5) is 5.69 Å². The number of hydrogen-bond acceptors (Lipinski definition) is 4. The van der Waals surface area contributed by atoms with Crippen molar-refractivity contribution < 1.29 is 18.3 Å². The Hall–Kier alpha value is -2.79. The van der Waals surface area contributed by atoms with Crippen molar-refractivity contribution in [1.29, 1.82) is 5.26 Å². The van der Waals surface area contributed by atoms with Gasteiger partial charge in [-0.2, -0.15) is 5.26 Å². The molecule has 0 atom stereocenters. The van der Waals surface area contributed by atoms with Gasteiger partial charge in [0, 0.05) is 5.69 Å². The summed E-state index contributed by atoms with van der Waals surface area (Å²) >= 11 is 0. The predicted molar refractivity (Wildman–Crippen MR) is 74.5 cm³/mol. The molecule has 0 saturated carbocycles. The average Bonchev–Trinajstić information content (AvgIpc) is 2.79. The number of benzene rings is 1. The van der Waals surface area contributed by atoms with E-state index < -0.39 is 16.0 Å². The molecule has 2 rings (SSSR count). The van der Waals surface area contributed by atoms with Crippen molar-refractivity contribution in [3.05, 3.63) is 47.3 Å². The Morgan fingerprint density at radius 3 is 2.71 bits per heavy atom. The normalized spacial score (nSPS) is 10.9. The summed E-state index contributed by atoms with van der Waals surface area (Å²) < 4.78 is 26.7.